The van der Waals surface area contributed by atoms with Gasteiger partial charge in [-0.15, -0.1) is 0 Å². The summed E-state index contributed by atoms with van der Waals surface area (Å²) in [7, 11) is 3.04. The van der Waals surface area contributed by atoms with Crippen LogP contribution in [0.5, 0.6) is 0 Å². The van der Waals surface area contributed by atoms with Crippen molar-refractivity contribution in [1.29, 1.82) is 0 Å². The molecule has 12 nitrogen and oxygen atoms in total. The maximum Gasteiger partial charge on any atom is 0.217 e. The van der Waals surface area contributed by atoms with E-state index < -0.39 is 72.4 Å². The Balaban J connectivity index is 1.34. The third-order valence-corrected chi connectivity index (χ3v) is 9.84. The lowest BCUT2D eigenvalue weighted by Crippen LogP contribution is -2.61. The molecule has 6 rings (SSSR count). The van der Waals surface area contributed by atoms with E-state index in [4.69, 9.17) is 42.6 Å². The molecule has 0 bridgehead atoms. The Kier molecular flexibility index (Phi) is 12.4. The molecule has 3 saturated heterocycles. The van der Waals surface area contributed by atoms with E-state index in [0.717, 1.165) is 16.7 Å². The monoisotopic (exact) mass is 735 g/mol. The Labute approximate surface area is 311 Å². The minimum atomic E-state index is -1.16. The molecule has 0 aromatic heterocycles. The first-order chi connectivity index (χ1) is 25.4. The minimum Gasteiger partial charge on any atom is -0.391 e. The number of rotatable bonds is 14. The summed E-state index contributed by atoms with van der Waals surface area (Å²) in [5.74, 6) is -2.29. The molecule has 3 heterocycles. The molecule has 3 aliphatic rings. The molecule has 0 saturated carbocycles. The van der Waals surface area contributed by atoms with Gasteiger partial charge in [0.2, 0.25) is 5.91 Å². The summed E-state index contributed by atoms with van der Waals surface area (Å²) >= 11 is 0. The summed E-state index contributed by atoms with van der Waals surface area (Å²) < 4.78 is 57.0. The maximum atomic E-state index is 12.5. The number of aliphatic hydroxyl groups excluding tert-OH is 1. The normalized spacial score (nSPS) is 28.9. The zero-order valence-corrected chi connectivity index (χ0v) is 31.5. The van der Waals surface area contributed by atoms with Gasteiger partial charge in [-0.2, -0.15) is 0 Å². The molecule has 0 radical (unpaired) electrons. The number of hydrogen-bond acceptors (Lipinski definition) is 11. The number of carbonyl (C=O) groups excluding carboxylic acids is 1. The van der Waals surface area contributed by atoms with Crippen molar-refractivity contribution in [3.05, 3.63) is 108 Å². The maximum absolute atomic E-state index is 12.5. The lowest BCUT2D eigenvalue weighted by Gasteiger charge is -2.44. The van der Waals surface area contributed by atoms with Gasteiger partial charge in [-0.05, 0) is 44.4 Å². The van der Waals surface area contributed by atoms with Crippen LogP contribution in [0.15, 0.2) is 91.0 Å². The van der Waals surface area contributed by atoms with E-state index in [1.807, 2.05) is 105 Å². The number of benzene rings is 3. The van der Waals surface area contributed by atoms with Gasteiger partial charge in [0.1, 0.15) is 36.1 Å². The zero-order valence-electron chi connectivity index (χ0n) is 31.5. The van der Waals surface area contributed by atoms with Crippen molar-refractivity contribution in [1.82, 2.24) is 5.32 Å². The van der Waals surface area contributed by atoms with Gasteiger partial charge in [0.15, 0.2) is 24.2 Å². The van der Waals surface area contributed by atoms with Crippen LogP contribution in [0.4, 0.5) is 0 Å². The van der Waals surface area contributed by atoms with Crippen LogP contribution >= 0.6 is 0 Å². The van der Waals surface area contributed by atoms with Crippen LogP contribution in [0.1, 0.15) is 57.7 Å². The number of nitrogens with one attached hydrogen (secondary N) is 1. The highest BCUT2D eigenvalue weighted by Gasteiger charge is 2.55. The Morgan fingerprint density at radius 3 is 1.83 bits per heavy atom. The average Bonchev–Trinajstić information content (AvgIpc) is 3.67. The SMILES string of the molecule is COC(OC)[C@@H]1OC(C)(C)O[C@H]1[C@H](O[C@@H]1O[C@H](COC(c2ccccc2)(c2ccccc2)c2ccccc2)C[C@@H](O)[C@H]1NC(C)=O)[C@H]1COC(C)(C)O1. The van der Waals surface area contributed by atoms with Crippen molar-refractivity contribution < 1.29 is 52.5 Å². The van der Waals surface area contributed by atoms with Crippen LogP contribution in [0.2, 0.25) is 0 Å². The molecular formula is C41H53NO11. The number of hydrogen-bond donors (Lipinski definition) is 2. The fourth-order valence-corrected chi connectivity index (χ4v) is 7.59. The molecular weight excluding hydrogens is 682 g/mol. The molecule has 3 aliphatic heterocycles. The standard InChI is InChI=1S/C41H53NO11/c1-26(43)42-33-31(44)23-30(24-48-41(27-17-11-8-12-18-27,28-19-13-9-14-20-28)29-21-15-10-16-22-29)49-37(33)50-34(32-25-47-39(2,3)51-32)35-36(38(45-6)46-7)53-40(4,5)52-35/h8-22,30-38,44H,23-25H2,1-7H3,(H,42,43)/t30-,31+,32+,33+,34+,35-,36+,37-/m0/s1. The van der Waals surface area contributed by atoms with Gasteiger partial charge in [0.25, 0.3) is 0 Å². The first-order valence-corrected chi connectivity index (χ1v) is 18.2. The third-order valence-electron chi connectivity index (χ3n) is 9.84. The van der Waals surface area contributed by atoms with Crippen LogP contribution in [-0.2, 0) is 53.0 Å². The molecule has 1 amide bonds. The van der Waals surface area contributed by atoms with Crippen molar-refractivity contribution in [3.8, 4) is 0 Å². The molecule has 8 atom stereocenters. The van der Waals surface area contributed by atoms with E-state index in [9.17, 15) is 9.90 Å². The molecule has 0 spiro atoms. The van der Waals surface area contributed by atoms with Gasteiger partial charge in [0, 0.05) is 27.6 Å². The Morgan fingerprint density at radius 2 is 1.36 bits per heavy atom. The largest absolute Gasteiger partial charge is 0.391 e. The van der Waals surface area contributed by atoms with Crippen molar-refractivity contribution in [2.75, 3.05) is 27.4 Å². The Morgan fingerprint density at radius 1 is 0.830 bits per heavy atom. The first kappa shape index (κ1) is 39.4. The molecule has 3 fully saturated rings. The van der Waals surface area contributed by atoms with Crippen molar-refractivity contribution >= 4 is 5.91 Å². The predicted molar refractivity (Wildman–Crippen MR) is 193 cm³/mol. The molecule has 288 valence electrons. The van der Waals surface area contributed by atoms with Crippen LogP contribution < -0.4 is 5.32 Å². The van der Waals surface area contributed by atoms with Crippen LogP contribution in [0, 0.1) is 0 Å². The summed E-state index contributed by atoms with van der Waals surface area (Å²) in [5.41, 5.74) is 1.76. The van der Waals surface area contributed by atoms with E-state index in [0.29, 0.717) is 0 Å². The number of carbonyl (C=O) groups is 1. The molecule has 2 N–H and O–H groups in total. The van der Waals surface area contributed by atoms with Crippen LogP contribution in [-0.4, -0.2) is 105 Å². The van der Waals surface area contributed by atoms with E-state index in [-0.39, 0.29) is 25.5 Å². The van der Waals surface area contributed by atoms with Gasteiger partial charge in [-0.3, -0.25) is 4.79 Å². The highest BCUT2D eigenvalue weighted by atomic mass is 16.8. The van der Waals surface area contributed by atoms with Gasteiger partial charge in [-0.25, -0.2) is 0 Å². The minimum absolute atomic E-state index is 0.0667. The van der Waals surface area contributed by atoms with E-state index >= 15 is 0 Å². The second-order valence-electron chi connectivity index (χ2n) is 14.6. The first-order valence-electron chi connectivity index (χ1n) is 18.2. The molecule has 0 aliphatic carbocycles. The lowest BCUT2D eigenvalue weighted by molar-refractivity contribution is -0.288. The molecule has 53 heavy (non-hydrogen) atoms. The smallest absolute Gasteiger partial charge is 0.217 e. The Hall–Kier alpha value is -3.27. The topological polar surface area (TPSA) is 132 Å². The highest BCUT2D eigenvalue weighted by Crippen LogP contribution is 2.42. The fourth-order valence-electron chi connectivity index (χ4n) is 7.59. The highest BCUT2D eigenvalue weighted by molar-refractivity contribution is 5.73. The number of ether oxygens (including phenoxy) is 9. The van der Waals surface area contributed by atoms with Gasteiger partial charge < -0.3 is 53.1 Å². The van der Waals surface area contributed by atoms with Crippen LogP contribution in [0.25, 0.3) is 0 Å². The molecule has 3 aromatic rings. The zero-order chi connectivity index (χ0) is 37.8. The second kappa shape index (κ2) is 16.6. The third kappa shape index (κ3) is 8.84. The van der Waals surface area contributed by atoms with E-state index in [1.54, 1.807) is 13.8 Å². The summed E-state index contributed by atoms with van der Waals surface area (Å²) in [6.45, 7) is 8.85. The fraction of sp³-hybridized carbons (Fsp3) is 0.537. The van der Waals surface area contributed by atoms with Crippen molar-refractivity contribution in [2.45, 2.75) is 113 Å². The summed E-state index contributed by atoms with van der Waals surface area (Å²) in [4.78, 5) is 12.5. The van der Waals surface area contributed by atoms with Gasteiger partial charge >= 0.3 is 0 Å². The van der Waals surface area contributed by atoms with Gasteiger partial charge in [0.05, 0.1) is 25.4 Å². The molecule has 0 unspecified atom stereocenters. The van der Waals surface area contributed by atoms with Crippen molar-refractivity contribution in [3.63, 3.8) is 0 Å². The van der Waals surface area contributed by atoms with E-state index in [2.05, 4.69) is 5.32 Å². The summed E-state index contributed by atoms with van der Waals surface area (Å²) in [5, 5.41) is 14.5. The Bertz CT molecular complexity index is 1510. The predicted octanol–water partition coefficient (Wildman–Crippen LogP) is 4.65. The van der Waals surface area contributed by atoms with Crippen molar-refractivity contribution in [2.24, 2.45) is 0 Å². The number of amides is 1. The molecule has 3 aromatic carbocycles. The number of methoxy groups -OCH3 is 2. The second-order valence-corrected chi connectivity index (χ2v) is 14.6. The summed E-state index contributed by atoms with van der Waals surface area (Å²) in [6, 6.07) is 29.1. The van der Waals surface area contributed by atoms with Crippen LogP contribution in [0.3, 0.4) is 0 Å². The molecule has 12 heteroatoms. The van der Waals surface area contributed by atoms with E-state index in [1.165, 1.54) is 21.1 Å². The van der Waals surface area contributed by atoms with Gasteiger partial charge in [-0.1, -0.05) is 91.0 Å². The quantitative estimate of drug-likeness (QED) is 0.177. The summed E-state index contributed by atoms with van der Waals surface area (Å²) in [6.07, 6.45) is -6.60. The average molecular weight is 736 g/mol. The number of aliphatic hydroxyl groups is 1. The lowest BCUT2D eigenvalue weighted by atomic mass is 9.80.